The molecule has 1 fully saturated rings. The zero-order chi connectivity index (χ0) is 11.4. The second kappa shape index (κ2) is 4.98. The number of benzene rings is 1. The van der Waals surface area contributed by atoms with E-state index in [-0.39, 0.29) is 6.10 Å². The van der Waals surface area contributed by atoms with E-state index in [0.717, 1.165) is 19.3 Å². The minimum atomic E-state index is -0.853. The minimum absolute atomic E-state index is 0.312. The first-order valence-corrected chi connectivity index (χ1v) is 5.58. The van der Waals surface area contributed by atoms with E-state index in [4.69, 9.17) is 11.3 Å². The highest BCUT2D eigenvalue weighted by Gasteiger charge is 2.26. The molecule has 2 nitrogen and oxygen atoms in total. The first-order valence-electron chi connectivity index (χ1n) is 5.58. The molecule has 0 radical (unpaired) electrons. The summed E-state index contributed by atoms with van der Waals surface area (Å²) in [7, 11) is 0. The normalized spacial score (nSPS) is 24.8. The summed E-state index contributed by atoms with van der Waals surface area (Å²) in [6, 6.07) is 6.85. The average Bonchev–Trinajstić information content (AvgIpc) is 2.33. The average molecular weight is 219 g/mol. The van der Waals surface area contributed by atoms with Gasteiger partial charge in [-0.2, -0.15) is 0 Å². The fraction of sp³-hybridized carbons (Fsp3) is 0.462. The summed E-state index contributed by atoms with van der Waals surface area (Å²) < 4.78 is 19.1. The first-order chi connectivity index (χ1) is 7.79. The number of hydrogen-bond acceptors (Lipinski definition) is 1. The highest BCUT2D eigenvalue weighted by Crippen LogP contribution is 2.26. The van der Waals surface area contributed by atoms with Gasteiger partial charge in [-0.25, -0.2) is 9.24 Å². The van der Waals surface area contributed by atoms with Crippen LogP contribution in [0.5, 0.6) is 5.75 Å². The molecule has 1 aliphatic carbocycles. The third-order valence-electron chi connectivity index (χ3n) is 2.88. The second-order valence-electron chi connectivity index (χ2n) is 4.06. The molecule has 0 spiro atoms. The van der Waals surface area contributed by atoms with E-state index in [1.165, 1.54) is 0 Å². The molecule has 0 N–H and O–H groups in total. The Labute approximate surface area is 94.9 Å². The van der Waals surface area contributed by atoms with Crippen molar-refractivity contribution in [3.8, 4) is 5.75 Å². The first kappa shape index (κ1) is 10.9. The maximum atomic E-state index is 13.5. The van der Waals surface area contributed by atoms with Gasteiger partial charge in [0.15, 0.2) is 5.69 Å². The van der Waals surface area contributed by atoms with Crippen LogP contribution >= 0.6 is 0 Å². The van der Waals surface area contributed by atoms with Crippen molar-refractivity contribution < 1.29 is 9.13 Å². The molecule has 2 atom stereocenters. The van der Waals surface area contributed by atoms with Crippen LogP contribution in [0.15, 0.2) is 24.3 Å². The summed E-state index contributed by atoms with van der Waals surface area (Å²) in [5.41, 5.74) is 0.577. The van der Waals surface area contributed by atoms with Crippen molar-refractivity contribution in [2.24, 2.45) is 0 Å². The predicted molar refractivity (Wildman–Crippen MR) is 60.5 cm³/mol. The fourth-order valence-corrected chi connectivity index (χ4v) is 1.96. The molecule has 16 heavy (non-hydrogen) atoms. The van der Waals surface area contributed by atoms with Gasteiger partial charge in [0.25, 0.3) is 0 Å². The molecule has 1 aromatic carbocycles. The van der Waals surface area contributed by atoms with Crippen molar-refractivity contribution in [3.63, 3.8) is 0 Å². The lowest BCUT2D eigenvalue weighted by Gasteiger charge is -2.26. The lowest BCUT2D eigenvalue weighted by molar-refractivity contribution is 0.0638. The van der Waals surface area contributed by atoms with E-state index >= 15 is 0 Å². The monoisotopic (exact) mass is 219 g/mol. The van der Waals surface area contributed by atoms with Gasteiger partial charge < -0.3 is 4.74 Å². The van der Waals surface area contributed by atoms with Crippen LogP contribution in [0.3, 0.4) is 0 Å². The number of ether oxygens (including phenoxy) is 1. The molecule has 1 aliphatic rings. The molecule has 3 heteroatoms. The minimum Gasteiger partial charge on any atom is -0.488 e. The lowest BCUT2D eigenvalue weighted by Crippen LogP contribution is -2.31. The van der Waals surface area contributed by atoms with Crippen LogP contribution in [0, 0.1) is 6.57 Å². The molecule has 2 unspecified atom stereocenters. The van der Waals surface area contributed by atoms with E-state index in [1.54, 1.807) is 24.3 Å². The SMILES string of the molecule is [C-]#[N+]c1ccc(OC2CCCCC2F)cc1. The number of alkyl halides is 1. The molecule has 0 bridgehead atoms. The zero-order valence-electron chi connectivity index (χ0n) is 9.03. The maximum absolute atomic E-state index is 13.5. The third-order valence-corrected chi connectivity index (χ3v) is 2.88. The highest BCUT2D eigenvalue weighted by molar-refractivity contribution is 5.47. The number of nitrogens with zero attached hydrogens (tertiary/aromatic N) is 1. The van der Waals surface area contributed by atoms with Gasteiger partial charge in [-0.15, -0.1) is 0 Å². The van der Waals surface area contributed by atoms with Gasteiger partial charge in [-0.05, 0) is 31.4 Å². The Morgan fingerprint density at radius 2 is 1.88 bits per heavy atom. The Morgan fingerprint density at radius 1 is 1.19 bits per heavy atom. The highest BCUT2D eigenvalue weighted by atomic mass is 19.1. The summed E-state index contributed by atoms with van der Waals surface area (Å²) in [5.74, 6) is 0.655. The van der Waals surface area contributed by atoms with E-state index in [1.807, 2.05) is 0 Å². The molecule has 0 saturated heterocycles. The van der Waals surface area contributed by atoms with Crippen LogP contribution in [-0.4, -0.2) is 12.3 Å². The van der Waals surface area contributed by atoms with Crippen molar-refractivity contribution in [1.29, 1.82) is 0 Å². The molecule has 1 saturated carbocycles. The number of hydrogen-bond donors (Lipinski definition) is 0. The van der Waals surface area contributed by atoms with E-state index < -0.39 is 6.17 Å². The summed E-state index contributed by atoms with van der Waals surface area (Å²) in [4.78, 5) is 3.29. The van der Waals surface area contributed by atoms with Crippen molar-refractivity contribution in [3.05, 3.63) is 35.7 Å². The second-order valence-corrected chi connectivity index (χ2v) is 4.06. The lowest BCUT2D eigenvalue weighted by atomic mass is 9.96. The fourth-order valence-electron chi connectivity index (χ4n) is 1.96. The molecule has 2 rings (SSSR count). The summed E-state index contributed by atoms with van der Waals surface area (Å²) >= 11 is 0. The molecular weight excluding hydrogens is 205 g/mol. The van der Waals surface area contributed by atoms with Gasteiger partial charge in [0.05, 0.1) is 6.57 Å². The van der Waals surface area contributed by atoms with Crippen LogP contribution < -0.4 is 4.74 Å². The van der Waals surface area contributed by atoms with E-state index in [0.29, 0.717) is 17.9 Å². The van der Waals surface area contributed by atoms with E-state index in [2.05, 4.69) is 4.85 Å². The van der Waals surface area contributed by atoms with Crippen molar-refractivity contribution in [2.45, 2.75) is 38.0 Å². The van der Waals surface area contributed by atoms with Crippen molar-refractivity contribution in [1.82, 2.24) is 0 Å². The number of rotatable bonds is 2. The Balaban J connectivity index is 2.00. The van der Waals surface area contributed by atoms with Crippen LogP contribution in [0.25, 0.3) is 4.85 Å². The van der Waals surface area contributed by atoms with Crippen LogP contribution in [0.4, 0.5) is 10.1 Å². The van der Waals surface area contributed by atoms with Crippen molar-refractivity contribution in [2.75, 3.05) is 0 Å². The topological polar surface area (TPSA) is 13.6 Å². The Morgan fingerprint density at radius 3 is 2.50 bits per heavy atom. The maximum Gasteiger partial charge on any atom is 0.187 e. The molecule has 1 aromatic rings. The molecule has 0 amide bonds. The molecule has 0 aromatic heterocycles. The Hall–Kier alpha value is -1.56. The van der Waals surface area contributed by atoms with Crippen molar-refractivity contribution >= 4 is 5.69 Å². The standard InChI is InChI=1S/C13H14FNO/c1-15-10-6-8-11(9-7-10)16-13-5-3-2-4-12(13)14/h6-9,12-13H,2-5H2. The molecular formula is C13H14FNO. The summed E-state index contributed by atoms with van der Waals surface area (Å²) in [5, 5.41) is 0. The van der Waals surface area contributed by atoms with Gasteiger partial charge >= 0.3 is 0 Å². The third kappa shape index (κ3) is 2.52. The zero-order valence-corrected chi connectivity index (χ0v) is 9.03. The quantitative estimate of drug-likeness (QED) is 0.688. The van der Waals surface area contributed by atoms with Gasteiger partial charge in [-0.3, -0.25) is 0 Å². The smallest absolute Gasteiger partial charge is 0.187 e. The molecule has 84 valence electrons. The Bertz CT molecular complexity index is 382. The van der Waals surface area contributed by atoms with Gasteiger partial charge in [0, 0.05) is 0 Å². The molecule has 0 aliphatic heterocycles. The largest absolute Gasteiger partial charge is 0.488 e. The summed E-state index contributed by atoms with van der Waals surface area (Å²) in [6.07, 6.45) is 2.21. The van der Waals surface area contributed by atoms with Crippen LogP contribution in [-0.2, 0) is 0 Å². The van der Waals surface area contributed by atoms with Gasteiger partial charge in [0.1, 0.15) is 18.0 Å². The summed E-state index contributed by atoms with van der Waals surface area (Å²) in [6.45, 7) is 6.82. The number of halogens is 1. The van der Waals surface area contributed by atoms with Crippen LogP contribution in [0.1, 0.15) is 25.7 Å². The van der Waals surface area contributed by atoms with Gasteiger partial charge in [-0.1, -0.05) is 18.6 Å². The van der Waals surface area contributed by atoms with E-state index in [9.17, 15) is 4.39 Å². The van der Waals surface area contributed by atoms with Gasteiger partial charge in [0.2, 0.25) is 0 Å². The Kier molecular flexibility index (Phi) is 3.40. The predicted octanol–water partition coefficient (Wildman–Crippen LogP) is 3.90. The van der Waals surface area contributed by atoms with Crippen LogP contribution in [0.2, 0.25) is 0 Å². The molecule has 0 heterocycles.